The zero-order valence-electron chi connectivity index (χ0n) is 7.57. The molecule has 2 N–H and O–H groups in total. The molecule has 0 aliphatic heterocycles. The fraction of sp³-hybridized carbons (Fsp3) is 0.100. The molecule has 1 aromatic heterocycles. The first-order valence-electron chi connectivity index (χ1n) is 4.10. The summed E-state index contributed by atoms with van der Waals surface area (Å²) in [6, 6.07) is 5.27. The number of fused-ring (bicyclic) bond motifs is 1. The maximum atomic E-state index is 10.7. The van der Waals surface area contributed by atoms with Crippen LogP contribution in [0.2, 0.25) is 0 Å². The van der Waals surface area contributed by atoms with Crippen molar-refractivity contribution in [3.05, 3.63) is 23.8 Å². The second-order valence-corrected chi connectivity index (χ2v) is 2.89. The zero-order chi connectivity index (χ0) is 10.1. The minimum Gasteiger partial charge on any atom is -0.495 e. The Morgan fingerprint density at radius 3 is 2.93 bits per heavy atom. The molecule has 0 amide bonds. The number of methoxy groups -OCH3 is 1. The molecule has 2 rings (SSSR count). The molecule has 0 spiro atoms. The number of aromatic hydroxyl groups is 1. The molecule has 0 bridgehead atoms. The van der Waals surface area contributed by atoms with Gasteiger partial charge in [0, 0.05) is 5.39 Å². The summed E-state index contributed by atoms with van der Waals surface area (Å²) >= 11 is 0. The average molecular weight is 191 g/mol. The summed E-state index contributed by atoms with van der Waals surface area (Å²) in [5.41, 5.74) is 0.897. The summed E-state index contributed by atoms with van der Waals surface area (Å²) in [5, 5.41) is 10.1. The third-order valence-electron chi connectivity index (χ3n) is 2.15. The minimum absolute atomic E-state index is 0.125. The molecule has 0 radical (unpaired) electrons. The number of carbonyl (C=O) groups is 1. The van der Waals surface area contributed by atoms with E-state index in [1.165, 1.54) is 7.11 Å². The summed E-state index contributed by atoms with van der Waals surface area (Å²) in [7, 11) is 1.53. The zero-order valence-corrected chi connectivity index (χ0v) is 7.57. The van der Waals surface area contributed by atoms with Crippen molar-refractivity contribution in [1.82, 2.24) is 4.98 Å². The van der Waals surface area contributed by atoms with Crippen LogP contribution in [0.1, 0.15) is 10.4 Å². The van der Waals surface area contributed by atoms with Gasteiger partial charge in [-0.05, 0) is 6.07 Å². The van der Waals surface area contributed by atoms with Crippen LogP contribution in [-0.4, -0.2) is 23.5 Å². The number of rotatable bonds is 2. The van der Waals surface area contributed by atoms with E-state index in [9.17, 15) is 9.90 Å². The van der Waals surface area contributed by atoms with Crippen molar-refractivity contribution in [1.29, 1.82) is 0 Å². The summed E-state index contributed by atoms with van der Waals surface area (Å²) in [4.78, 5) is 13.4. The number of aldehydes is 1. The number of aromatic nitrogens is 1. The van der Waals surface area contributed by atoms with E-state index in [0.29, 0.717) is 22.9 Å². The molecule has 0 unspecified atom stereocenters. The van der Waals surface area contributed by atoms with Crippen LogP contribution >= 0.6 is 0 Å². The van der Waals surface area contributed by atoms with E-state index in [1.807, 2.05) is 0 Å². The van der Waals surface area contributed by atoms with E-state index >= 15 is 0 Å². The van der Waals surface area contributed by atoms with Crippen LogP contribution in [0.25, 0.3) is 10.9 Å². The van der Waals surface area contributed by atoms with Crippen LogP contribution in [0.3, 0.4) is 0 Å². The molecule has 0 aliphatic carbocycles. The topological polar surface area (TPSA) is 62.3 Å². The summed E-state index contributed by atoms with van der Waals surface area (Å²) < 4.78 is 5.08. The molecular weight excluding hydrogens is 182 g/mol. The first kappa shape index (κ1) is 8.62. The summed E-state index contributed by atoms with van der Waals surface area (Å²) in [6.45, 7) is 0. The Balaban J connectivity index is 2.85. The number of carbonyl (C=O) groups excluding carboxylic acids is 1. The minimum atomic E-state index is -0.125. The number of ether oxygens (including phenoxy) is 1. The van der Waals surface area contributed by atoms with Crippen LogP contribution in [0.15, 0.2) is 18.2 Å². The molecular formula is C10H9NO3. The number of nitrogens with one attached hydrogen (secondary N) is 1. The Bertz CT molecular complexity index is 487. The highest BCUT2D eigenvalue weighted by atomic mass is 16.5. The van der Waals surface area contributed by atoms with Gasteiger partial charge in [0.15, 0.2) is 12.2 Å². The SMILES string of the molecule is COc1cccc2c(C=O)c(O)[nH]c12. The lowest BCUT2D eigenvalue weighted by molar-refractivity contribution is 0.112. The molecule has 0 aliphatic rings. The van der Waals surface area contributed by atoms with Crippen molar-refractivity contribution in [2.45, 2.75) is 0 Å². The fourth-order valence-corrected chi connectivity index (χ4v) is 1.49. The Kier molecular flexibility index (Phi) is 1.89. The molecule has 0 saturated carbocycles. The van der Waals surface area contributed by atoms with Crippen LogP contribution in [0.5, 0.6) is 11.6 Å². The van der Waals surface area contributed by atoms with Crippen LogP contribution in [0.4, 0.5) is 0 Å². The highest BCUT2D eigenvalue weighted by Crippen LogP contribution is 2.31. The van der Waals surface area contributed by atoms with Gasteiger partial charge in [-0.1, -0.05) is 12.1 Å². The molecule has 72 valence electrons. The van der Waals surface area contributed by atoms with Crippen molar-refractivity contribution >= 4 is 17.2 Å². The number of para-hydroxylation sites is 1. The Labute approximate surface area is 80.1 Å². The van der Waals surface area contributed by atoms with Gasteiger partial charge in [-0.15, -0.1) is 0 Å². The van der Waals surface area contributed by atoms with Crippen molar-refractivity contribution in [2.24, 2.45) is 0 Å². The smallest absolute Gasteiger partial charge is 0.200 e. The maximum Gasteiger partial charge on any atom is 0.200 e. The molecule has 14 heavy (non-hydrogen) atoms. The number of H-pyrrole nitrogens is 1. The molecule has 1 aromatic carbocycles. The lowest BCUT2D eigenvalue weighted by atomic mass is 10.2. The van der Waals surface area contributed by atoms with Gasteiger partial charge in [0.1, 0.15) is 5.75 Å². The van der Waals surface area contributed by atoms with Gasteiger partial charge in [0.05, 0.1) is 18.2 Å². The lowest BCUT2D eigenvalue weighted by Crippen LogP contribution is -1.83. The summed E-state index contributed by atoms with van der Waals surface area (Å²) in [6.07, 6.45) is 0.619. The van der Waals surface area contributed by atoms with Gasteiger partial charge in [-0.2, -0.15) is 0 Å². The maximum absolute atomic E-state index is 10.7. The molecule has 2 aromatic rings. The van der Waals surface area contributed by atoms with Gasteiger partial charge in [0.2, 0.25) is 0 Å². The van der Waals surface area contributed by atoms with Gasteiger partial charge in [0.25, 0.3) is 0 Å². The molecule has 0 saturated heterocycles. The predicted molar refractivity (Wildman–Crippen MR) is 51.9 cm³/mol. The van der Waals surface area contributed by atoms with E-state index in [-0.39, 0.29) is 11.4 Å². The van der Waals surface area contributed by atoms with Crippen molar-refractivity contribution < 1.29 is 14.6 Å². The number of benzene rings is 1. The van der Waals surface area contributed by atoms with Gasteiger partial charge < -0.3 is 14.8 Å². The monoisotopic (exact) mass is 191 g/mol. The highest BCUT2D eigenvalue weighted by molar-refractivity contribution is 6.02. The normalized spacial score (nSPS) is 10.4. The quantitative estimate of drug-likeness (QED) is 0.710. The first-order chi connectivity index (χ1) is 6.77. The van der Waals surface area contributed by atoms with Crippen molar-refractivity contribution in [3.8, 4) is 11.6 Å². The van der Waals surface area contributed by atoms with Crippen LogP contribution in [0, 0.1) is 0 Å². The van der Waals surface area contributed by atoms with E-state index < -0.39 is 0 Å². The van der Waals surface area contributed by atoms with E-state index in [1.54, 1.807) is 18.2 Å². The Morgan fingerprint density at radius 1 is 1.50 bits per heavy atom. The summed E-state index contributed by atoms with van der Waals surface area (Å²) in [5.74, 6) is 0.477. The van der Waals surface area contributed by atoms with Crippen molar-refractivity contribution in [3.63, 3.8) is 0 Å². The Hall–Kier alpha value is -1.97. The molecule has 0 atom stereocenters. The predicted octanol–water partition coefficient (Wildman–Crippen LogP) is 1.69. The van der Waals surface area contributed by atoms with Gasteiger partial charge in [-0.3, -0.25) is 4.79 Å². The second kappa shape index (κ2) is 3.06. The van der Waals surface area contributed by atoms with Crippen LogP contribution < -0.4 is 4.74 Å². The standard InChI is InChI=1S/C10H9NO3/c1-14-8-4-2-3-6-7(5-12)10(13)11-9(6)8/h2-5,11,13H,1H3. The number of hydrogen-bond donors (Lipinski definition) is 2. The lowest BCUT2D eigenvalue weighted by Gasteiger charge is -1.99. The third-order valence-corrected chi connectivity index (χ3v) is 2.15. The van der Waals surface area contributed by atoms with E-state index in [0.717, 1.165) is 0 Å². The fourth-order valence-electron chi connectivity index (χ4n) is 1.49. The van der Waals surface area contributed by atoms with Gasteiger partial charge >= 0.3 is 0 Å². The van der Waals surface area contributed by atoms with Crippen molar-refractivity contribution in [2.75, 3.05) is 7.11 Å². The third kappa shape index (κ3) is 1.04. The highest BCUT2D eigenvalue weighted by Gasteiger charge is 2.12. The molecule has 1 heterocycles. The molecule has 4 nitrogen and oxygen atoms in total. The van der Waals surface area contributed by atoms with Crippen LogP contribution in [-0.2, 0) is 0 Å². The molecule has 0 fully saturated rings. The Morgan fingerprint density at radius 2 is 2.29 bits per heavy atom. The number of aromatic amines is 1. The van der Waals surface area contributed by atoms with E-state index in [4.69, 9.17) is 4.74 Å². The first-order valence-corrected chi connectivity index (χ1v) is 4.10. The van der Waals surface area contributed by atoms with E-state index in [2.05, 4.69) is 4.98 Å². The second-order valence-electron chi connectivity index (χ2n) is 2.89. The average Bonchev–Trinajstić information content (AvgIpc) is 2.52. The largest absolute Gasteiger partial charge is 0.495 e. The molecule has 4 heteroatoms. The van der Waals surface area contributed by atoms with Gasteiger partial charge in [-0.25, -0.2) is 0 Å². The number of hydrogen-bond acceptors (Lipinski definition) is 3.